The van der Waals surface area contributed by atoms with Gasteiger partial charge in [-0.1, -0.05) is 36.4 Å². The first kappa shape index (κ1) is 13.9. The Balaban J connectivity index is 0.00000144. The van der Waals surface area contributed by atoms with E-state index in [1.807, 2.05) is 12.1 Å². The predicted octanol–water partition coefficient (Wildman–Crippen LogP) is 3.80. The first-order valence-electron chi connectivity index (χ1n) is 4.78. The number of rotatable bonds is 4. The Labute approximate surface area is 116 Å². The first-order chi connectivity index (χ1) is 7.84. The second-order valence-electron chi connectivity index (χ2n) is 3.03. The Bertz CT molecular complexity index is 418. The average molecular weight is 341 g/mol. The maximum Gasteiger partial charge on any atom is 0.805 e. The van der Waals surface area contributed by atoms with E-state index in [1.165, 1.54) is 0 Å². The van der Waals surface area contributed by atoms with Crippen LogP contribution in [-0.4, -0.2) is 0 Å². The van der Waals surface area contributed by atoms with Crippen molar-refractivity contribution in [2.24, 2.45) is 0 Å². The largest absolute Gasteiger partial charge is 0.805 e. The van der Waals surface area contributed by atoms with Gasteiger partial charge in [-0.05, 0) is 24.3 Å². The van der Waals surface area contributed by atoms with Gasteiger partial charge in [0.15, 0.2) is 11.5 Å². The van der Waals surface area contributed by atoms with Crippen molar-refractivity contribution in [3.8, 4) is 11.5 Å². The molecule has 91 valence electrons. The molecule has 0 N–H and O–H groups in total. The van der Waals surface area contributed by atoms with Crippen LogP contribution >= 0.6 is 8.25 Å². The van der Waals surface area contributed by atoms with E-state index in [2.05, 4.69) is 0 Å². The molecule has 0 heterocycles. The summed E-state index contributed by atoms with van der Waals surface area (Å²) in [4.78, 5) is 0. The van der Waals surface area contributed by atoms with Gasteiger partial charge in [0.05, 0.1) is 0 Å². The molecule has 0 bridgehead atoms. The van der Waals surface area contributed by atoms with Crippen LogP contribution in [0.1, 0.15) is 0 Å². The Morgan fingerprint density at radius 2 is 1.06 bits per heavy atom. The molecule has 0 unspecified atom stereocenters. The van der Waals surface area contributed by atoms with Crippen molar-refractivity contribution in [1.82, 2.24) is 0 Å². The molecule has 3 nitrogen and oxygen atoms in total. The number of para-hydroxylation sites is 2. The summed E-state index contributed by atoms with van der Waals surface area (Å²) in [7, 11) is -2.18. The van der Waals surface area contributed by atoms with Gasteiger partial charge < -0.3 is 0 Å². The van der Waals surface area contributed by atoms with Crippen LogP contribution in [0.3, 0.4) is 0 Å². The van der Waals surface area contributed by atoms with E-state index in [0.717, 1.165) is 0 Å². The maximum absolute atomic E-state index is 11.5. The normalized spacial score (nSPS) is 8.94. The fourth-order valence-electron chi connectivity index (χ4n) is 1.15. The van der Waals surface area contributed by atoms with E-state index >= 15 is 0 Å². The van der Waals surface area contributed by atoms with E-state index in [0.29, 0.717) is 11.5 Å². The third-order valence-corrected chi connectivity index (χ3v) is 2.57. The minimum atomic E-state index is -2.18. The molecule has 0 fully saturated rings. The summed E-state index contributed by atoms with van der Waals surface area (Å²) in [6.45, 7) is 0. The molecule has 5 heteroatoms. The quantitative estimate of drug-likeness (QED) is 0.627. The molecule has 2 aromatic rings. The molecule has 2 rings (SSSR count). The number of benzene rings is 2. The molecule has 2 aromatic carbocycles. The average Bonchev–Trinajstić information content (AvgIpc) is 2.31. The van der Waals surface area contributed by atoms with Gasteiger partial charge in [0.2, 0.25) is 0 Å². The molecule has 0 aliphatic rings. The SMILES string of the molecule is O=[P+](Oc1ccccc1)Oc1ccccc1.[Ag]. The van der Waals surface area contributed by atoms with Crippen LogP contribution in [0.25, 0.3) is 0 Å². The molecule has 0 saturated heterocycles. The number of hydrogen-bond acceptors (Lipinski definition) is 3. The van der Waals surface area contributed by atoms with Crippen LogP contribution in [0.15, 0.2) is 60.7 Å². The predicted molar refractivity (Wildman–Crippen MR) is 61.7 cm³/mol. The topological polar surface area (TPSA) is 35.5 Å². The van der Waals surface area contributed by atoms with E-state index in [9.17, 15) is 4.57 Å². The zero-order chi connectivity index (χ0) is 11.2. The van der Waals surface area contributed by atoms with Crippen molar-refractivity contribution >= 4 is 8.25 Å². The standard InChI is InChI=1S/C12H10O3P.Ag/c13-16(14-11-7-3-1-4-8-11)15-12-9-5-2-6-10-12;/h1-10H;/q+1;. The van der Waals surface area contributed by atoms with Crippen molar-refractivity contribution in [2.45, 2.75) is 0 Å². The molecule has 0 saturated carbocycles. The molecule has 0 amide bonds. The maximum atomic E-state index is 11.5. The van der Waals surface area contributed by atoms with E-state index in [-0.39, 0.29) is 22.4 Å². The Morgan fingerprint density at radius 1 is 0.706 bits per heavy atom. The molecule has 0 atom stereocenters. The summed E-state index contributed by atoms with van der Waals surface area (Å²) in [5.74, 6) is 1.05. The van der Waals surface area contributed by atoms with Gasteiger partial charge in [0, 0.05) is 26.9 Å². The fourth-order valence-corrected chi connectivity index (χ4v) is 1.78. The summed E-state index contributed by atoms with van der Waals surface area (Å²) in [5.41, 5.74) is 0. The summed E-state index contributed by atoms with van der Waals surface area (Å²) in [6, 6.07) is 17.8. The van der Waals surface area contributed by atoms with Crippen molar-refractivity contribution in [3.05, 3.63) is 60.7 Å². The van der Waals surface area contributed by atoms with Crippen LogP contribution < -0.4 is 9.05 Å². The van der Waals surface area contributed by atoms with E-state index in [1.54, 1.807) is 48.5 Å². The summed E-state index contributed by atoms with van der Waals surface area (Å²) in [6.07, 6.45) is 0. The monoisotopic (exact) mass is 340 g/mol. The van der Waals surface area contributed by atoms with Gasteiger partial charge in [-0.25, -0.2) is 9.05 Å². The molecular weight excluding hydrogens is 331 g/mol. The van der Waals surface area contributed by atoms with Gasteiger partial charge in [-0.15, -0.1) is 0 Å². The molecule has 0 aromatic heterocycles. The molecule has 17 heavy (non-hydrogen) atoms. The minimum absolute atomic E-state index is 0. The van der Waals surface area contributed by atoms with Crippen molar-refractivity contribution in [3.63, 3.8) is 0 Å². The molecule has 1 radical (unpaired) electrons. The van der Waals surface area contributed by atoms with E-state index < -0.39 is 8.25 Å². The molecule has 0 spiro atoms. The van der Waals surface area contributed by atoms with Crippen molar-refractivity contribution in [1.29, 1.82) is 0 Å². The van der Waals surface area contributed by atoms with Crippen LogP contribution in [0.2, 0.25) is 0 Å². The molecule has 0 aliphatic heterocycles. The third-order valence-electron chi connectivity index (χ3n) is 1.85. The molecular formula is C12H10AgO3P+. The van der Waals surface area contributed by atoms with Crippen LogP contribution in [0.5, 0.6) is 11.5 Å². The smallest absolute Gasteiger partial charge is 0.222 e. The van der Waals surface area contributed by atoms with Gasteiger partial charge in [-0.2, -0.15) is 0 Å². The van der Waals surface area contributed by atoms with Crippen molar-refractivity contribution in [2.75, 3.05) is 0 Å². The second kappa shape index (κ2) is 7.25. The third kappa shape index (κ3) is 4.72. The Hall–Kier alpha value is -1.12. The van der Waals surface area contributed by atoms with Crippen molar-refractivity contribution < 1.29 is 36.0 Å². The fraction of sp³-hybridized carbons (Fsp3) is 0. The Morgan fingerprint density at radius 3 is 1.41 bits per heavy atom. The summed E-state index contributed by atoms with van der Waals surface area (Å²) < 4.78 is 21.7. The summed E-state index contributed by atoms with van der Waals surface area (Å²) >= 11 is 0. The van der Waals surface area contributed by atoms with Crippen LogP contribution in [0, 0.1) is 0 Å². The van der Waals surface area contributed by atoms with Gasteiger partial charge >= 0.3 is 8.25 Å². The zero-order valence-electron chi connectivity index (χ0n) is 8.75. The van der Waals surface area contributed by atoms with Gasteiger partial charge in [0.1, 0.15) is 0 Å². The minimum Gasteiger partial charge on any atom is -0.222 e. The second-order valence-corrected chi connectivity index (χ2v) is 3.84. The van der Waals surface area contributed by atoms with E-state index in [4.69, 9.17) is 9.05 Å². The zero-order valence-corrected chi connectivity index (χ0v) is 11.1. The molecule has 0 aliphatic carbocycles. The summed E-state index contributed by atoms with van der Waals surface area (Å²) in [5, 5.41) is 0. The first-order valence-corrected chi connectivity index (χ1v) is 5.87. The number of hydrogen-bond donors (Lipinski definition) is 0. The Kier molecular flexibility index (Phi) is 5.95. The van der Waals surface area contributed by atoms with Gasteiger partial charge in [0.25, 0.3) is 0 Å². The van der Waals surface area contributed by atoms with Crippen LogP contribution in [-0.2, 0) is 26.9 Å². The van der Waals surface area contributed by atoms with Gasteiger partial charge in [-0.3, -0.25) is 0 Å². The van der Waals surface area contributed by atoms with Crippen LogP contribution in [0.4, 0.5) is 0 Å².